The molecule has 6 heteroatoms. The smallest absolute Gasteiger partial charge is 0.265 e. The highest BCUT2D eigenvalue weighted by atomic mass is 32.2. The van der Waals surface area contributed by atoms with Gasteiger partial charge in [-0.1, -0.05) is 0 Å². The summed E-state index contributed by atoms with van der Waals surface area (Å²) in [5.74, 6) is 0.500. The van der Waals surface area contributed by atoms with Gasteiger partial charge in [-0.05, 0) is 6.92 Å². The van der Waals surface area contributed by atoms with Crippen molar-refractivity contribution in [3.05, 3.63) is 18.2 Å². The Morgan fingerprint density at radius 3 is 2.75 bits per heavy atom. The van der Waals surface area contributed by atoms with Crippen molar-refractivity contribution in [1.29, 1.82) is 0 Å². The number of aromatic amines is 1. The Bertz CT molecular complexity index is 330. The van der Waals surface area contributed by atoms with E-state index in [0.29, 0.717) is 5.82 Å². The average Bonchev–Trinajstić information content (AvgIpc) is 2.32. The summed E-state index contributed by atoms with van der Waals surface area (Å²) in [6.45, 7) is 1.61. The van der Waals surface area contributed by atoms with E-state index in [4.69, 9.17) is 0 Å². The molecule has 1 unspecified atom stereocenters. The topological polar surface area (TPSA) is 72.1 Å². The van der Waals surface area contributed by atoms with Crippen LogP contribution in [0.1, 0.15) is 18.9 Å². The van der Waals surface area contributed by atoms with Crippen LogP contribution in [0.3, 0.4) is 0 Å². The molecule has 0 amide bonds. The van der Waals surface area contributed by atoms with Gasteiger partial charge in [0.1, 0.15) is 11.9 Å². The summed E-state index contributed by atoms with van der Waals surface area (Å²) in [5, 5.41) is 0. The van der Waals surface area contributed by atoms with Crippen LogP contribution in [0.15, 0.2) is 12.4 Å². The molecule has 5 nitrogen and oxygen atoms in total. The molecule has 0 aliphatic carbocycles. The Kier molecular flexibility index (Phi) is 2.49. The highest BCUT2D eigenvalue weighted by molar-refractivity contribution is 7.86. The fraction of sp³-hybridized carbons (Fsp3) is 0.500. The Morgan fingerprint density at radius 2 is 2.33 bits per heavy atom. The van der Waals surface area contributed by atoms with E-state index in [9.17, 15) is 8.42 Å². The predicted octanol–water partition coefficient (Wildman–Crippen LogP) is 0.447. The van der Waals surface area contributed by atoms with Crippen molar-refractivity contribution in [3.8, 4) is 0 Å². The van der Waals surface area contributed by atoms with Gasteiger partial charge in [-0.25, -0.2) is 4.98 Å². The van der Waals surface area contributed by atoms with Gasteiger partial charge in [0.25, 0.3) is 10.1 Å². The van der Waals surface area contributed by atoms with Crippen LogP contribution < -0.4 is 0 Å². The zero-order chi connectivity index (χ0) is 9.19. The van der Waals surface area contributed by atoms with Crippen molar-refractivity contribution in [2.24, 2.45) is 0 Å². The van der Waals surface area contributed by atoms with Crippen molar-refractivity contribution >= 4 is 10.1 Å². The van der Waals surface area contributed by atoms with Gasteiger partial charge < -0.3 is 4.98 Å². The molecule has 0 aliphatic heterocycles. The van der Waals surface area contributed by atoms with Crippen molar-refractivity contribution in [3.63, 3.8) is 0 Å². The van der Waals surface area contributed by atoms with Crippen LogP contribution in [0.25, 0.3) is 0 Å². The number of nitrogens with one attached hydrogen (secondary N) is 1. The highest BCUT2D eigenvalue weighted by Gasteiger charge is 2.13. The summed E-state index contributed by atoms with van der Waals surface area (Å²) >= 11 is 0. The first-order valence-corrected chi connectivity index (χ1v) is 5.18. The van der Waals surface area contributed by atoms with Gasteiger partial charge in [-0.3, -0.25) is 4.18 Å². The molecule has 0 bridgehead atoms. The van der Waals surface area contributed by atoms with Crippen LogP contribution in [0.5, 0.6) is 0 Å². The van der Waals surface area contributed by atoms with Gasteiger partial charge in [0.15, 0.2) is 0 Å². The molecule has 12 heavy (non-hydrogen) atoms. The van der Waals surface area contributed by atoms with Gasteiger partial charge in [-0.2, -0.15) is 8.42 Å². The highest BCUT2D eigenvalue weighted by Crippen LogP contribution is 2.13. The van der Waals surface area contributed by atoms with E-state index < -0.39 is 16.2 Å². The lowest BCUT2D eigenvalue weighted by molar-refractivity contribution is 0.227. The van der Waals surface area contributed by atoms with E-state index in [0.717, 1.165) is 6.26 Å². The van der Waals surface area contributed by atoms with Gasteiger partial charge in [0.2, 0.25) is 0 Å². The van der Waals surface area contributed by atoms with E-state index in [-0.39, 0.29) is 0 Å². The maximum absolute atomic E-state index is 10.7. The second-order valence-electron chi connectivity index (χ2n) is 2.42. The molecule has 68 valence electrons. The van der Waals surface area contributed by atoms with Crippen LogP contribution >= 0.6 is 0 Å². The van der Waals surface area contributed by atoms with Gasteiger partial charge in [-0.15, -0.1) is 0 Å². The molecular weight excluding hydrogens is 180 g/mol. The molecule has 0 spiro atoms. The Balaban J connectivity index is 2.68. The van der Waals surface area contributed by atoms with E-state index in [1.807, 2.05) is 0 Å². The Morgan fingerprint density at radius 1 is 1.67 bits per heavy atom. The monoisotopic (exact) mass is 190 g/mol. The molecule has 1 aromatic heterocycles. The minimum atomic E-state index is -3.41. The second-order valence-corrected chi connectivity index (χ2v) is 4.02. The van der Waals surface area contributed by atoms with Crippen molar-refractivity contribution < 1.29 is 12.6 Å². The summed E-state index contributed by atoms with van der Waals surface area (Å²) in [4.78, 5) is 6.61. The summed E-state index contributed by atoms with van der Waals surface area (Å²) in [7, 11) is -3.41. The third kappa shape index (κ3) is 2.63. The zero-order valence-electron chi connectivity index (χ0n) is 6.81. The lowest BCUT2D eigenvalue weighted by Crippen LogP contribution is -2.08. The SMILES string of the molecule is CC(OS(C)(=O)=O)c1ncc[nH]1. The molecule has 0 saturated heterocycles. The van der Waals surface area contributed by atoms with Gasteiger partial charge >= 0.3 is 0 Å². The first-order valence-electron chi connectivity index (χ1n) is 3.36. The van der Waals surface area contributed by atoms with E-state index in [1.54, 1.807) is 13.1 Å². The number of nitrogens with zero attached hydrogens (tertiary/aromatic N) is 1. The van der Waals surface area contributed by atoms with Crippen LogP contribution in [-0.4, -0.2) is 24.6 Å². The third-order valence-electron chi connectivity index (χ3n) is 1.22. The average molecular weight is 190 g/mol. The number of hydrogen-bond acceptors (Lipinski definition) is 4. The first kappa shape index (κ1) is 9.21. The number of imidazole rings is 1. The maximum atomic E-state index is 10.7. The molecule has 1 rings (SSSR count). The summed E-state index contributed by atoms with van der Waals surface area (Å²) in [5.41, 5.74) is 0. The standard InChI is InChI=1S/C6H10N2O3S/c1-5(11-12(2,9)10)6-7-3-4-8-6/h3-5H,1-2H3,(H,7,8). The number of aromatic nitrogens is 2. The fourth-order valence-electron chi connectivity index (χ4n) is 0.808. The van der Waals surface area contributed by atoms with Crippen LogP contribution in [-0.2, 0) is 14.3 Å². The molecule has 1 atom stereocenters. The predicted molar refractivity (Wildman–Crippen MR) is 42.9 cm³/mol. The van der Waals surface area contributed by atoms with Crippen LogP contribution in [0.4, 0.5) is 0 Å². The molecular formula is C6H10N2O3S. The molecule has 1 N–H and O–H groups in total. The summed E-state index contributed by atoms with van der Waals surface area (Å²) in [6.07, 6.45) is 3.59. The molecule has 0 aliphatic rings. The minimum absolute atomic E-state index is 0.500. The minimum Gasteiger partial charge on any atom is -0.346 e. The number of rotatable bonds is 3. The van der Waals surface area contributed by atoms with Crippen molar-refractivity contribution in [2.45, 2.75) is 13.0 Å². The quantitative estimate of drug-likeness (QED) is 0.702. The van der Waals surface area contributed by atoms with Crippen molar-refractivity contribution in [1.82, 2.24) is 9.97 Å². The number of hydrogen-bond donors (Lipinski definition) is 1. The van der Waals surface area contributed by atoms with Gasteiger partial charge in [0.05, 0.1) is 6.26 Å². The van der Waals surface area contributed by atoms with E-state index in [1.165, 1.54) is 6.20 Å². The van der Waals surface area contributed by atoms with Crippen LogP contribution in [0.2, 0.25) is 0 Å². The lowest BCUT2D eigenvalue weighted by Gasteiger charge is -2.06. The second kappa shape index (κ2) is 3.24. The Hall–Kier alpha value is -0.880. The van der Waals surface area contributed by atoms with E-state index >= 15 is 0 Å². The lowest BCUT2D eigenvalue weighted by atomic mass is 10.4. The third-order valence-corrected chi connectivity index (χ3v) is 1.86. The molecule has 0 radical (unpaired) electrons. The van der Waals surface area contributed by atoms with Crippen LogP contribution in [0, 0.1) is 0 Å². The van der Waals surface area contributed by atoms with Gasteiger partial charge in [0, 0.05) is 12.4 Å². The molecule has 1 heterocycles. The maximum Gasteiger partial charge on any atom is 0.265 e. The molecule has 0 aromatic carbocycles. The summed E-state index contributed by atoms with van der Waals surface area (Å²) in [6, 6.07) is 0. The first-order chi connectivity index (χ1) is 5.49. The largest absolute Gasteiger partial charge is 0.346 e. The summed E-state index contributed by atoms with van der Waals surface area (Å²) < 4.78 is 26.0. The molecule has 0 fully saturated rings. The normalized spacial score (nSPS) is 14.5. The molecule has 1 aromatic rings. The zero-order valence-corrected chi connectivity index (χ0v) is 7.63. The Labute approximate surface area is 70.9 Å². The van der Waals surface area contributed by atoms with E-state index in [2.05, 4.69) is 14.2 Å². The fourth-order valence-corrected chi connectivity index (χ4v) is 1.42. The molecule has 0 saturated carbocycles. The van der Waals surface area contributed by atoms with Crippen molar-refractivity contribution in [2.75, 3.05) is 6.26 Å². The number of H-pyrrole nitrogens is 1.